The molecule has 0 amide bonds. The van der Waals surface area contributed by atoms with Crippen molar-refractivity contribution in [1.82, 2.24) is 0 Å². The zero-order chi connectivity index (χ0) is 10.8. The summed E-state index contributed by atoms with van der Waals surface area (Å²) < 4.78 is 0. The van der Waals surface area contributed by atoms with Crippen molar-refractivity contribution in [2.45, 2.75) is 33.6 Å². The van der Waals surface area contributed by atoms with E-state index in [0.29, 0.717) is 0 Å². The van der Waals surface area contributed by atoms with Gasteiger partial charge in [-0.1, -0.05) is 37.3 Å². The Balaban J connectivity index is 3.89. The van der Waals surface area contributed by atoms with Crippen LogP contribution in [-0.2, 0) is 0 Å². The fourth-order valence-corrected chi connectivity index (χ4v) is 0.927. The SMILES string of the molecule is C=C(C/C=C\C)CN=C(C)/C=C/CC. The van der Waals surface area contributed by atoms with E-state index >= 15 is 0 Å². The molecule has 0 aromatic rings. The summed E-state index contributed by atoms with van der Waals surface area (Å²) in [6, 6.07) is 0. The minimum Gasteiger partial charge on any atom is -0.286 e. The fraction of sp³-hybridized carbons (Fsp3) is 0.462. The van der Waals surface area contributed by atoms with Crippen LogP contribution in [0.2, 0.25) is 0 Å². The lowest BCUT2D eigenvalue weighted by Gasteiger charge is -1.98. The predicted molar refractivity (Wildman–Crippen MR) is 66.0 cm³/mol. The second-order valence-electron chi connectivity index (χ2n) is 3.29. The molecule has 14 heavy (non-hydrogen) atoms. The molecule has 0 N–H and O–H groups in total. The summed E-state index contributed by atoms with van der Waals surface area (Å²) in [5.41, 5.74) is 2.24. The lowest BCUT2D eigenvalue weighted by Crippen LogP contribution is -1.91. The minimum atomic E-state index is 0.740. The van der Waals surface area contributed by atoms with Crippen molar-refractivity contribution in [2.75, 3.05) is 6.54 Å². The molecule has 0 spiro atoms. The van der Waals surface area contributed by atoms with Gasteiger partial charge in [0.25, 0.3) is 0 Å². The highest BCUT2D eigenvalue weighted by molar-refractivity contribution is 5.92. The average molecular weight is 191 g/mol. The van der Waals surface area contributed by atoms with Crippen LogP contribution in [0.1, 0.15) is 33.6 Å². The first kappa shape index (κ1) is 12.9. The molecule has 0 atom stereocenters. The van der Waals surface area contributed by atoms with E-state index in [0.717, 1.165) is 30.7 Å². The quantitative estimate of drug-likeness (QED) is 0.445. The normalized spacial score (nSPS) is 12.9. The minimum absolute atomic E-state index is 0.740. The highest BCUT2D eigenvalue weighted by atomic mass is 14.7. The molecule has 0 fully saturated rings. The van der Waals surface area contributed by atoms with Crippen molar-refractivity contribution in [3.05, 3.63) is 36.5 Å². The van der Waals surface area contributed by atoms with E-state index in [2.05, 4.69) is 36.7 Å². The number of allylic oxidation sites excluding steroid dienone is 4. The van der Waals surface area contributed by atoms with Crippen LogP contribution < -0.4 is 0 Å². The molecule has 0 aliphatic rings. The lowest BCUT2D eigenvalue weighted by molar-refractivity contribution is 1.07. The molecule has 1 heteroatoms. The maximum Gasteiger partial charge on any atom is 0.0603 e. The summed E-state index contributed by atoms with van der Waals surface area (Å²) in [5, 5.41) is 0. The fourth-order valence-electron chi connectivity index (χ4n) is 0.927. The smallest absolute Gasteiger partial charge is 0.0603 e. The number of rotatable bonds is 6. The van der Waals surface area contributed by atoms with Gasteiger partial charge in [-0.05, 0) is 32.8 Å². The molecule has 0 unspecified atom stereocenters. The van der Waals surface area contributed by atoms with Crippen LogP contribution in [0.25, 0.3) is 0 Å². The van der Waals surface area contributed by atoms with Gasteiger partial charge in [0, 0.05) is 5.71 Å². The van der Waals surface area contributed by atoms with Gasteiger partial charge in [-0.3, -0.25) is 4.99 Å². The Morgan fingerprint density at radius 2 is 2.07 bits per heavy atom. The van der Waals surface area contributed by atoms with Crippen molar-refractivity contribution in [1.29, 1.82) is 0 Å². The van der Waals surface area contributed by atoms with Crippen molar-refractivity contribution in [3.8, 4) is 0 Å². The van der Waals surface area contributed by atoms with Gasteiger partial charge in [0.2, 0.25) is 0 Å². The average Bonchev–Trinajstić information content (AvgIpc) is 2.20. The molecular weight excluding hydrogens is 170 g/mol. The first-order valence-corrected chi connectivity index (χ1v) is 5.16. The molecule has 0 saturated heterocycles. The van der Waals surface area contributed by atoms with Crippen molar-refractivity contribution in [3.63, 3.8) is 0 Å². The van der Waals surface area contributed by atoms with Gasteiger partial charge in [-0.2, -0.15) is 0 Å². The van der Waals surface area contributed by atoms with Crippen molar-refractivity contribution >= 4 is 5.71 Å². The van der Waals surface area contributed by atoms with Crippen LogP contribution in [0.4, 0.5) is 0 Å². The van der Waals surface area contributed by atoms with Crippen LogP contribution >= 0.6 is 0 Å². The van der Waals surface area contributed by atoms with E-state index in [4.69, 9.17) is 0 Å². The Hall–Kier alpha value is -1.11. The van der Waals surface area contributed by atoms with E-state index in [1.54, 1.807) is 0 Å². The summed E-state index contributed by atoms with van der Waals surface area (Å²) in [7, 11) is 0. The Kier molecular flexibility index (Phi) is 7.81. The topological polar surface area (TPSA) is 12.4 Å². The van der Waals surface area contributed by atoms with Crippen LogP contribution in [0, 0.1) is 0 Å². The van der Waals surface area contributed by atoms with Gasteiger partial charge in [0.15, 0.2) is 0 Å². The van der Waals surface area contributed by atoms with E-state index in [9.17, 15) is 0 Å². The largest absolute Gasteiger partial charge is 0.286 e. The van der Waals surface area contributed by atoms with Crippen LogP contribution in [0.15, 0.2) is 41.4 Å². The number of aliphatic imine (C=N–C) groups is 1. The molecule has 0 aliphatic carbocycles. The second-order valence-corrected chi connectivity index (χ2v) is 3.29. The highest BCUT2D eigenvalue weighted by Gasteiger charge is 1.89. The van der Waals surface area contributed by atoms with Gasteiger partial charge in [-0.15, -0.1) is 0 Å². The van der Waals surface area contributed by atoms with E-state index in [1.807, 2.05) is 19.9 Å². The van der Waals surface area contributed by atoms with Crippen LogP contribution in [0.5, 0.6) is 0 Å². The van der Waals surface area contributed by atoms with Gasteiger partial charge in [-0.25, -0.2) is 0 Å². The maximum absolute atomic E-state index is 4.41. The van der Waals surface area contributed by atoms with Gasteiger partial charge in [0.1, 0.15) is 0 Å². The lowest BCUT2D eigenvalue weighted by atomic mass is 10.2. The van der Waals surface area contributed by atoms with E-state index in [1.165, 1.54) is 0 Å². The number of hydrogen-bond donors (Lipinski definition) is 0. The molecule has 1 nitrogen and oxygen atoms in total. The Morgan fingerprint density at radius 1 is 1.36 bits per heavy atom. The third-order valence-electron chi connectivity index (χ3n) is 1.79. The summed E-state index contributed by atoms with van der Waals surface area (Å²) in [4.78, 5) is 4.41. The first-order chi connectivity index (χ1) is 6.70. The monoisotopic (exact) mass is 191 g/mol. The third kappa shape index (κ3) is 7.53. The maximum atomic E-state index is 4.41. The zero-order valence-electron chi connectivity index (χ0n) is 9.59. The van der Waals surface area contributed by atoms with Crippen molar-refractivity contribution in [2.24, 2.45) is 4.99 Å². The number of hydrogen-bond acceptors (Lipinski definition) is 1. The molecule has 0 heterocycles. The summed E-state index contributed by atoms with van der Waals surface area (Å²) in [5.74, 6) is 0. The summed E-state index contributed by atoms with van der Waals surface area (Å²) >= 11 is 0. The van der Waals surface area contributed by atoms with Crippen LogP contribution in [-0.4, -0.2) is 12.3 Å². The molecule has 0 radical (unpaired) electrons. The summed E-state index contributed by atoms with van der Waals surface area (Å²) in [6.07, 6.45) is 10.3. The van der Waals surface area contributed by atoms with E-state index < -0.39 is 0 Å². The Bertz CT molecular complexity index is 244. The summed E-state index contributed by atoms with van der Waals surface area (Å²) in [6.45, 7) is 10.9. The first-order valence-electron chi connectivity index (χ1n) is 5.16. The van der Waals surface area contributed by atoms with Crippen LogP contribution in [0.3, 0.4) is 0 Å². The molecule has 0 bridgehead atoms. The van der Waals surface area contributed by atoms with Gasteiger partial charge >= 0.3 is 0 Å². The Morgan fingerprint density at radius 3 is 2.64 bits per heavy atom. The predicted octanol–water partition coefficient (Wildman–Crippen LogP) is 3.94. The third-order valence-corrected chi connectivity index (χ3v) is 1.79. The molecule has 0 rings (SSSR count). The van der Waals surface area contributed by atoms with Gasteiger partial charge < -0.3 is 0 Å². The molecule has 0 aliphatic heterocycles. The molecule has 0 aromatic heterocycles. The standard InChI is InChI=1S/C13H21N/c1-5-7-9-12(3)11-14-13(4)10-8-6-2/h5,7-8,10H,3,6,9,11H2,1-2,4H3/b7-5-,10-8+,14-13?. The zero-order valence-corrected chi connectivity index (χ0v) is 9.59. The molecular formula is C13H21N. The molecule has 0 saturated carbocycles. The van der Waals surface area contributed by atoms with Crippen molar-refractivity contribution < 1.29 is 0 Å². The highest BCUT2D eigenvalue weighted by Crippen LogP contribution is 2.00. The van der Waals surface area contributed by atoms with Gasteiger partial charge in [0.05, 0.1) is 6.54 Å². The number of nitrogens with zero attached hydrogens (tertiary/aromatic N) is 1. The second kappa shape index (κ2) is 8.49. The van der Waals surface area contributed by atoms with E-state index in [-0.39, 0.29) is 0 Å². The molecule has 0 aromatic carbocycles. The molecule has 78 valence electrons. The Labute approximate surface area is 87.9 Å².